The summed E-state index contributed by atoms with van der Waals surface area (Å²) in [6.07, 6.45) is 1.33. The molecule has 1 fully saturated rings. The van der Waals surface area contributed by atoms with Crippen molar-refractivity contribution >= 4 is 5.97 Å². The van der Waals surface area contributed by atoms with E-state index in [0.717, 1.165) is 18.4 Å². The maximum absolute atomic E-state index is 11.6. The third kappa shape index (κ3) is 2.72. The molecule has 1 aliphatic rings. The Morgan fingerprint density at radius 2 is 2.17 bits per heavy atom. The fourth-order valence-electron chi connectivity index (χ4n) is 2.08. The number of benzene rings is 1. The van der Waals surface area contributed by atoms with Crippen LogP contribution in [0.1, 0.15) is 43.1 Å². The van der Waals surface area contributed by atoms with Gasteiger partial charge in [0.15, 0.2) is 6.10 Å². The van der Waals surface area contributed by atoms with Crippen molar-refractivity contribution < 1.29 is 14.3 Å². The van der Waals surface area contributed by atoms with E-state index in [2.05, 4.69) is 26.0 Å². The van der Waals surface area contributed by atoms with E-state index >= 15 is 0 Å². The van der Waals surface area contributed by atoms with E-state index in [-0.39, 0.29) is 12.1 Å². The van der Waals surface area contributed by atoms with Crippen LogP contribution in [0.25, 0.3) is 0 Å². The van der Waals surface area contributed by atoms with E-state index < -0.39 is 6.10 Å². The van der Waals surface area contributed by atoms with E-state index in [1.807, 2.05) is 13.0 Å². The Morgan fingerprint density at radius 3 is 2.83 bits per heavy atom. The Labute approximate surface area is 108 Å². The summed E-state index contributed by atoms with van der Waals surface area (Å²) in [5, 5.41) is 0. The van der Waals surface area contributed by atoms with Gasteiger partial charge in [-0.3, -0.25) is 0 Å². The van der Waals surface area contributed by atoms with Gasteiger partial charge in [-0.25, -0.2) is 4.79 Å². The number of carbonyl (C=O) groups excluding carboxylic acids is 1. The van der Waals surface area contributed by atoms with Crippen LogP contribution in [0.5, 0.6) is 0 Å². The minimum absolute atomic E-state index is 0.111. The van der Waals surface area contributed by atoms with Crippen LogP contribution in [0.3, 0.4) is 0 Å². The zero-order chi connectivity index (χ0) is 13.1. The highest BCUT2D eigenvalue weighted by Crippen LogP contribution is 2.40. The molecular formula is C15H20O3. The van der Waals surface area contributed by atoms with Gasteiger partial charge in [-0.2, -0.15) is 0 Å². The van der Waals surface area contributed by atoms with Crippen molar-refractivity contribution in [1.29, 1.82) is 0 Å². The fraction of sp³-hybridized carbons (Fsp3) is 0.533. The van der Waals surface area contributed by atoms with E-state index in [1.54, 1.807) is 0 Å². The van der Waals surface area contributed by atoms with Gasteiger partial charge in [0.2, 0.25) is 0 Å². The van der Waals surface area contributed by atoms with Gasteiger partial charge in [-0.05, 0) is 36.5 Å². The number of aryl methyl sites for hydroxylation is 2. The van der Waals surface area contributed by atoms with Crippen LogP contribution in [-0.2, 0) is 20.7 Å². The second-order valence-corrected chi connectivity index (χ2v) is 4.68. The summed E-state index contributed by atoms with van der Waals surface area (Å²) in [5.41, 5.74) is 3.67. The number of hydrogen-bond donors (Lipinski definition) is 0. The molecule has 0 saturated carbocycles. The largest absolute Gasteiger partial charge is 0.464 e. The maximum Gasteiger partial charge on any atom is 0.338 e. The fourth-order valence-corrected chi connectivity index (χ4v) is 2.08. The van der Waals surface area contributed by atoms with Gasteiger partial charge in [0.25, 0.3) is 0 Å². The molecule has 0 aliphatic carbocycles. The van der Waals surface area contributed by atoms with Crippen LogP contribution in [0, 0.1) is 6.92 Å². The van der Waals surface area contributed by atoms with Gasteiger partial charge in [0.1, 0.15) is 6.10 Å². The zero-order valence-corrected chi connectivity index (χ0v) is 11.2. The molecule has 1 heterocycles. The molecule has 0 N–H and O–H groups in total. The molecule has 3 nitrogen and oxygen atoms in total. The Balaban J connectivity index is 2.00. The minimum atomic E-state index is -0.399. The first-order valence-electron chi connectivity index (χ1n) is 6.58. The van der Waals surface area contributed by atoms with Gasteiger partial charge in [-0.1, -0.05) is 32.0 Å². The number of ether oxygens (including phenoxy) is 2. The van der Waals surface area contributed by atoms with Crippen molar-refractivity contribution in [3.05, 3.63) is 34.9 Å². The molecule has 0 amide bonds. The SMILES string of the molecule is CCCOC(=O)C1OC1c1ccc(C)c(CC)c1. The Morgan fingerprint density at radius 1 is 1.39 bits per heavy atom. The van der Waals surface area contributed by atoms with Crippen LogP contribution in [0.4, 0.5) is 0 Å². The standard InChI is InChI=1S/C15H20O3/c1-4-8-17-15(16)14-13(18-14)12-7-6-10(3)11(5-2)9-12/h6-7,9,13-14H,4-5,8H2,1-3H3. The molecule has 2 rings (SSSR count). The molecule has 0 radical (unpaired) electrons. The first kappa shape index (κ1) is 13.1. The highest BCUT2D eigenvalue weighted by Gasteiger charge is 2.47. The number of hydrogen-bond acceptors (Lipinski definition) is 3. The van der Waals surface area contributed by atoms with Crippen LogP contribution in [0.15, 0.2) is 18.2 Å². The molecule has 18 heavy (non-hydrogen) atoms. The average Bonchev–Trinajstić information content (AvgIpc) is 3.17. The third-order valence-corrected chi connectivity index (χ3v) is 3.25. The van der Waals surface area contributed by atoms with Crippen LogP contribution >= 0.6 is 0 Å². The third-order valence-electron chi connectivity index (χ3n) is 3.25. The molecule has 3 heteroatoms. The lowest BCUT2D eigenvalue weighted by atomic mass is 10.0. The molecule has 1 saturated heterocycles. The van der Waals surface area contributed by atoms with Crippen LogP contribution < -0.4 is 0 Å². The lowest BCUT2D eigenvalue weighted by Crippen LogP contribution is -2.12. The Bertz CT molecular complexity index is 439. The van der Waals surface area contributed by atoms with Crippen molar-refractivity contribution in [1.82, 2.24) is 0 Å². The summed E-state index contributed by atoms with van der Waals surface area (Å²) >= 11 is 0. The average molecular weight is 248 g/mol. The van der Waals surface area contributed by atoms with Gasteiger partial charge >= 0.3 is 5.97 Å². The summed E-state index contributed by atoms with van der Waals surface area (Å²) in [7, 11) is 0. The molecule has 1 aromatic carbocycles. The van der Waals surface area contributed by atoms with Crippen molar-refractivity contribution in [3.63, 3.8) is 0 Å². The zero-order valence-electron chi connectivity index (χ0n) is 11.2. The van der Waals surface area contributed by atoms with Gasteiger partial charge < -0.3 is 9.47 Å². The predicted octanol–water partition coefficient (Wildman–Crippen LogP) is 2.95. The lowest BCUT2D eigenvalue weighted by molar-refractivity contribution is -0.145. The van der Waals surface area contributed by atoms with E-state index in [1.165, 1.54) is 11.1 Å². The molecule has 2 atom stereocenters. The van der Waals surface area contributed by atoms with Crippen LogP contribution in [0.2, 0.25) is 0 Å². The maximum atomic E-state index is 11.6. The van der Waals surface area contributed by atoms with E-state index in [0.29, 0.717) is 6.61 Å². The summed E-state index contributed by atoms with van der Waals surface area (Å²) in [6.45, 7) is 6.68. The summed E-state index contributed by atoms with van der Waals surface area (Å²) in [5.74, 6) is -0.236. The number of epoxide rings is 1. The lowest BCUT2D eigenvalue weighted by Gasteiger charge is -2.05. The number of rotatable bonds is 5. The minimum Gasteiger partial charge on any atom is -0.464 e. The summed E-state index contributed by atoms with van der Waals surface area (Å²) < 4.78 is 10.5. The quantitative estimate of drug-likeness (QED) is 0.594. The Kier molecular flexibility index (Phi) is 4.02. The molecule has 1 aliphatic heterocycles. The predicted molar refractivity (Wildman–Crippen MR) is 69.4 cm³/mol. The van der Waals surface area contributed by atoms with Crippen LogP contribution in [-0.4, -0.2) is 18.7 Å². The van der Waals surface area contributed by atoms with Gasteiger partial charge in [0.05, 0.1) is 6.61 Å². The molecular weight excluding hydrogens is 228 g/mol. The van der Waals surface area contributed by atoms with Gasteiger partial charge in [0, 0.05) is 0 Å². The summed E-state index contributed by atoms with van der Waals surface area (Å²) in [6, 6.07) is 6.25. The molecule has 0 spiro atoms. The van der Waals surface area contributed by atoms with Crippen molar-refractivity contribution in [2.24, 2.45) is 0 Å². The molecule has 0 bridgehead atoms. The van der Waals surface area contributed by atoms with E-state index in [4.69, 9.17) is 9.47 Å². The Hall–Kier alpha value is -1.35. The van der Waals surface area contributed by atoms with Crippen molar-refractivity contribution in [3.8, 4) is 0 Å². The number of carbonyl (C=O) groups is 1. The highest BCUT2D eigenvalue weighted by molar-refractivity contribution is 5.78. The monoisotopic (exact) mass is 248 g/mol. The topological polar surface area (TPSA) is 38.8 Å². The smallest absolute Gasteiger partial charge is 0.338 e. The first-order chi connectivity index (χ1) is 8.67. The first-order valence-corrected chi connectivity index (χ1v) is 6.58. The molecule has 98 valence electrons. The highest BCUT2D eigenvalue weighted by atomic mass is 16.6. The summed E-state index contributed by atoms with van der Waals surface area (Å²) in [4.78, 5) is 11.6. The second kappa shape index (κ2) is 5.53. The van der Waals surface area contributed by atoms with Gasteiger partial charge in [-0.15, -0.1) is 0 Å². The molecule has 1 aromatic rings. The normalized spacial score (nSPS) is 21.7. The molecule has 0 aromatic heterocycles. The number of esters is 1. The second-order valence-electron chi connectivity index (χ2n) is 4.68. The molecule has 2 unspecified atom stereocenters. The van der Waals surface area contributed by atoms with E-state index in [9.17, 15) is 4.79 Å². The van der Waals surface area contributed by atoms with Crippen molar-refractivity contribution in [2.75, 3.05) is 6.61 Å². The van der Waals surface area contributed by atoms with Crippen molar-refractivity contribution in [2.45, 2.75) is 45.8 Å².